The number of nitrogens with zero attached hydrogens (tertiary/aromatic N) is 1. The quantitative estimate of drug-likeness (QED) is 0.365. The minimum Gasteiger partial charge on any atom is -0.398 e. The Balaban J connectivity index is 3.12. The van der Waals surface area contributed by atoms with Gasteiger partial charge in [-0.05, 0) is 0 Å². The number of hydrogen-bond donors (Lipinski definition) is 4. The second-order valence-electron chi connectivity index (χ2n) is 2.32. The first-order chi connectivity index (χ1) is 5.65. The molecule has 0 spiro atoms. The Morgan fingerprint density at radius 1 is 1.67 bits per heavy atom. The molecule has 0 saturated carbocycles. The average Bonchev–Trinajstić information content (AvgIpc) is 2.03. The molecule has 0 atom stereocenters. The number of anilines is 2. The van der Waals surface area contributed by atoms with Gasteiger partial charge in [0.1, 0.15) is 11.7 Å². The molecule has 0 radical (unpaired) electrons. The van der Waals surface area contributed by atoms with Gasteiger partial charge < -0.3 is 16.8 Å². The summed E-state index contributed by atoms with van der Waals surface area (Å²) < 4.78 is 0. The fourth-order valence-electron chi connectivity index (χ4n) is 0.833. The molecule has 0 aliphatic rings. The van der Waals surface area contributed by atoms with E-state index in [4.69, 9.17) is 16.9 Å². The van der Waals surface area contributed by atoms with Crippen LogP contribution in [0.25, 0.3) is 0 Å². The lowest BCUT2D eigenvalue weighted by molar-refractivity contribution is 1.27. The molecule has 0 saturated heterocycles. The van der Waals surface area contributed by atoms with E-state index in [1.807, 2.05) is 0 Å². The zero-order chi connectivity index (χ0) is 9.14. The first-order valence-electron chi connectivity index (χ1n) is 3.43. The van der Waals surface area contributed by atoms with Crippen molar-refractivity contribution in [3.63, 3.8) is 0 Å². The Morgan fingerprint density at radius 3 is 2.75 bits per heavy atom. The molecule has 0 aliphatic carbocycles. The molecule has 1 aromatic rings. The van der Waals surface area contributed by atoms with Crippen molar-refractivity contribution in [3.05, 3.63) is 17.8 Å². The first kappa shape index (κ1) is 8.32. The molecule has 1 aromatic heterocycles. The van der Waals surface area contributed by atoms with Gasteiger partial charge in [0, 0.05) is 25.0 Å². The molecule has 64 valence electrons. The van der Waals surface area contributed by atoms with Gasteiger partial charge in [0.05, 0.1) is 5.56 Å². The minimum atomic E-state index is -0.0670. The summed E-state index contributed by atoms with van der Waals surface area (Å²) in [5.74, 6) is 0.597. The second kappa shape index (κ2) is 3.08. The summed E-state index contributed by atoms with van der Waals surface area (Å²) >= 11 is 0. The molecular formula is C7H11N5. The van der Waals surface area contributed by atoms with E-state index < -0.39 is 0 Å². The zero-order valence-corrected chi connectivity index (χ0v) is 6.76. The van der Waals surface area contributed by atoms with Gasteiger partial charge >= 0.3 is 0 Å². The Morgan fingerprint density at radius 2 is 2.33 bits per heavy atom. The highest BCUT2D eigenvalue weighted by atomic mass is 15.0. The lowest BCUT2D eigenvalue weighted by Gasteiger charge is -2.04. The molecule has 6 N–H and O–H groups in total. The van der Waals surface area contributed by atoms with Gasteiger partial charge in [-0.25, -0.2) is 4.98 Å². The monoisotopic (exact) mass is 165 g/mol. The van der Waals surface area contributed by atoms with Crippen LogP contribution in [-0.4, -0.2) is 17.9 Å². The third-order valence-corrected chi connectivity index (χ3v) is 1.48. The molecule has 1 heterocycles. The molecule has 0 aliphatic heterocycles. The van der Waals surface area contributed by atoms with Crippen LogP contribution in [0.2, 0.25) is 0 Å². The molecule has 0 unspecified atom stereocenters. The number of hydrogen-bond acceptors (Lipinski definition) is 4. The van der Waals surface area contributed by atoms with Crippen LogP contribution in [0.4, 0.5) is 11.5 Å². The van der Waals surface area contributed by atoms with E-state index in [0.717, 1.165) is 0 Å². The maximum atomic E-state index is 7.14. The number of nitrogens with one attached hydrogen (secondary N) is 2. The van der Waals surface area contributed by atoms with E-state index in [1.54, 1.807) is 13.1 Å². The predicted octanol–water partition coefficient (Wildman–Crippen LogP) is -0.0104. The van der Waals surface area contributed by atoms with E-state index in [9.17, 15) is 0 Å². The van der Waals surface area contributed by atoms with E-state index in [2.05, 4.69) is 10.3 Å². The molecule has 5 heteroatoms. The minimum absolute atomic E-state index is 0.0670. The number of amidine groups is 1. The molecule has 5 nitrogen and oxygen atoms in total. The molecule has 1 rings (SSSR count). The van der Waals surface area contributed by atoms with E-state index in [-0.39, 0.29) is 5.84 Å². The molecular weight excluding hydrogens is 154 g/mol. The number of nitrogens with two attached hydrogens (primary N) is 2. The number of pyridine rings is 1. The number of rotatable bonds is 2. The zero-order valence-electron chi connectivity index (χ0n) is 6.76. The van der Waals surface area contributed by atoms with Gasteiger partial charge in [0.25, 0.3) is 0 Å². The van der Waals surface area contributed by atoms with Gasteiger partial charge in [-0.2, -0.15) is 0 Å². The summed E-state index contributed by atoms with van der Waals surface area (Å²) in [4.78, 5) is 3.97. The number of aromatic nitrogens is 1. The van der Waals surface area contributed by atoms with Gasteiger partial charge in [0.15, 0.2) is 0 Å². The summed E-state index contributed by atoms with van der Waals surface area (Å²) in [6.45, 7) is 0. The van der Waals surface area contributed by atoms with Gasteiger partial charge in [0.2, 0.25) is 0 Å². The highest BCUT2D eigenvalue weighted by molar-refractivity contribution is 5.99. The van der Waals surface area contributed by atoms with Crippen LogP contribution in [-0.2, 0) is 0 Å². The van der Waals surface area contributed by atoms with Crippen molar-refractivity contribution in [2.45, 2.75) is 0 Å². The highest BCUT2D eigenvalue weighted by Gasteiger charge is 2.02. The van der Waals surface area contributed by atoms with Crippen molar-refractivity contribution in [1.29, 1.82) is 5.41 Å². The van der Waals surface area contributed by atoms with E-state index in [1.165, 1.54) is 6.20 Å². The molecule has 0 amide bonds. The van der Waals surface area contributed by atoms with Crippen molar-refractivity contribution in [2.75, 3.05) is 18.1 Å². The first-order valence-corrected chi connectivity index (χ1v) is 3.43. The summed E-state index contributed by atoms with van der Waals surface area (Å²) in [6, 6.07) is 1.64. The smallest absolute Gasteiger partial charge is 0.127 e. The van der Waals surface area contributed by atoms with Crippen LogP contribution in [0.5, 0.6) is 0 Å². The van der Waals surface area contributed by atoms with Crippen molar-refractivity contribution in [2.24, 2.45) is 5.73 Å². The van der Waals surface area contributed by atoms with Crippen molar-refractivity contribution in [3.8, 4) is 0 Å². The average molecular weight is 165 g/mol. The van der Waals surface area contributed by atoms with Crippen molar-refractivity contribution in [1.82, 2.24) is 4.98 Å². The highest BCUT2D eigenvalue weighted by Crippen LogP contribution is 2.13. The third-order valence-electron chi connectivity index (χ3n) is 1.48. The Hall–Kier alpha value is -1.78. The summed E-state index contributed by atoms with van der Waals surface area (Å²) in [5.41, 5.74) is 11.8. The van der Waals surface area contributed by atoms with Gasteiger partial charge in [-0.15, -0.1) is 0 Å². The molecule has 0 bridgehead atoms. The van der Waals surface area contributed by atoms with Crippen molar-refractivity contribution < 1.29 is 0 Å². The van der Waals surface area contributed by atoms with Crippen LogP contribution in [0.3, 0.4) is 0 Å². The maximum absolute atomic E-state index is 7.14. The topological polar surface area (TPSA) is 101 Å². The maximum Gasteiger partial charge on any atom is 0.127 e. The summed E-state index contributed by atoms with van der Waals surface area (Å²) in [5, 5.41) is 9.97. The fraction of sp³-hybridized carbons (Fsp3) is 0.143. The summed E-state index contributed by atoms with van der Waals surface area (Å²) in [7, 11) is 1.75. The molecule has 0 fully saturated rings. The Bertz CT molecular complexity index is 307. The fourth-order valence-corrected chi connectivity index (χ4v) is 0.833. The second-order valence-corrected chi connectivity index (χ2v) is 2.32. The lowest BCUT2D eigenvalue weighted by Crippen LogP contribution is -2.14. The van der Waals surface area contributed by atoms with Gasteiger partial charge in [-0.1, -0.05) is 0 Å². The standard InChI is InChI=1S/C7H11N5/c1-11-6-2-5(8)4(3-12-6)7(9)10/h2-3H,1H3,(H3,9,10)(H3,8,11,12). The predicted molar refractivity (Wildman–Crippen MR) is 49.2 cm³/mol. The van der Waals surface area contributed by atoms with E-state index in [0.29, 0.717) is 17.1 Å². The van der Waals surface area contributed by atoms with E-state index >= 15 is 0 Å². The lowest BCUT2D eigenvalue weighted by atomic mass is 10.2. The number of nitrogen functional groups attached to an aromatic ring is 2. The largest absolute Gasteiger partial charge is 0.398 e. The van der Waals surface area contributed by atoms with Crippen LogP contribution < -0.4 is 16.8 Å². The van der Waals surface area contributed by atoms with Crippen LogP contribution in [0.15, 0.2) is 12.3 Å². The molecule has 0 aromatic carbocycles. The van der Waals surface area contributed by atoms with Gasteiger partial charge in [-0.3, -0.25) is 5.41 Å². The molecule has 12 heavy (non-hydrogen) atoms. The van der Waals surface area contributed by atoms with Crippen molar-refractivity contribution >= 4 is 17.3 Å². The summed E-state index contributed by atoms with van der Waals surface area (Å²) in [6.07, 6.45) is 1.48. The normalized spacial score (nSPS) is 9.42. The SMILES string of the molecule is CNc1cc(N)c(C(=N)N)cn1. The van der Waals surface area contributed by atoms with Crippen LogP contribution in [0, 0.1) is 5.41 Å². The Kier molecular flexibility index (Phi) is 2.14. The Labute approximate surface area is 70.3 Å². The third kappa shape index (κ3) is 1.45. The van der Waals surface area contributed by atoms with Crippen LogP contribution in [0.1, 0.15) is 5.56 Å². The van der Waals surface area contributed by atoms with Crippen LogP contribution >= 0.6 is 0 Å².